The van der Waals surface area contributed by atoms with E-state index < -0.39 is 0 Å². The number of hydrogen-bond acceptors (Lipinski definition) is 6. The number of aromatic nitrogens is 1. The van der Waals surface area contributed by atoms with Crippen molar-refractivity contribution in [3.8, 4) is 22.8 Å². The molecule has 2 heterocycles. The lowest BCUT2D eigenvalue weighted by Gasteiger charge is -2.19. The molecule has 5 rings (SSSR count). The molecule has 8 heteroatoms. The molecule has 4 aromatic rings. The van der Waals surface area contributed by atoms with Crippen molar-refractivity contribution in [3.05, 3.63) is 83.5 Å². The number of thiazole rings is 1. The summed E-state index contributed by atoms with van der Waals surface area (Å²) in [5, 5.41) is 6.60. The third-order valence-corrected chi connectivity index (χ3v) is 5.75. The Morgan fingerprint density at radius 1 is 0.906 bits per heavy atom. The third-order valence-electron chi connectivity index (χ3n) is 4.78. The van der Waals surface area contributed by atoms with Crippen LogP contribution in [0.1, 0.15) is 9.67 Å². The van der Waals surface area contributed by atoms with Gasteiger partial charge in [-0.05, 0) is 36.4 Å². The summed E-state index contributed by atoms with van der Waals surface area (Å²) < 4.78 is 24.4. The normalized spacial score (nSPS) is 12.3. The number of fused-ring (bicyclic) bond motifs is 1. The zero-order chi connectivity index (χ0) is 21.9. The van der Waals surface area contributed by atoms with Crippen LogP contribution < -0.4 is 20.1 Å². The highest BCUT2D eigenvalue weighted by atomic mass is 32.1. The van der Waals surface area contributed by atoms with Crippen molar-refractivity contribution in [3.63, 3.8) is 0 Å². The minimum absolute atomic E-state index is 0.287. The summed E-state index contributed by atoms with van der Waals surface area (Å²) in [5.41, 5.74) is 2.66. The van der Waals surface area contributed by atoms with Crippen molar-refractivity contribution in [2.45, 2.75) is 0 Å². The Morgan fingerprint density at radius 2 is 1.62 bits per heavy atom. The van der Waals surface area contributed by atoms with E-state index in [-0.39, 0.29) is 11.7 Å². The molecule has 2 N–H and O–H groups in total. The molecule has 0 atom stereocenters. The van der Waals surface area contributed by atoms with Crippen molar-refractivity contribution in [1.82, 2.24) is 4.98 Å². The molecule has 1 aliphatic rings. The standard InChI is InChI=1S/C24H18FN3O3S/c25-16-6-8-17(9-7-16)27-24-28-21(15-4-2-1-3-5-15)22(32-24)23(29)26-18-10-11-19-20(14-18)31-13-12-30-19/h1-11,14H,12-13H2,(H,26,29)(H,27,28). The van der Waals surface area contributed by atoms with Crippen LogP contribution in [0.15, 0.2) is 72.8 Å². The van der Waals surface area contributed by atoms with Crippen molar-refractivity contribution in [2.24, 2.45) is 0 Å². The van der Waals surface area contributed by atoms with Crippen molar-refractivity contribution < 1.29 is 18.7 Å². The van der Waals surface area contributed by atoms with Gasteiger partial charge in [-0.25, -0.2) is 9.37 Å². The molecule has 6 nitrogen and oxygen atoms in total. The SMILES string of the molecule is O=C(Nc1ccc2c(c1)OCCO2)c1sc(Nc2ccc(F)cc2)nc1-c1ccccc1. The fourth-order valence-electron chi connectivity index (χ4n) is 3.28. The number of rotatable bonds is 5. The Kier molecular flexibility index (Phi) is 5.43. The van der Waals surface area contributed by atoms with Crippen LogP contribution in [0.2, 0.25) is 0 Å². The zero-order valence-electron chi connectivity index (χ0n) is 16.8. The maximum Gasteiger partial charge on any atom is 0.268 e. The molecular weight excluding hydrogens is 429 g/mol. The number of carbonyl (C=O) groups is 1. The largest absolute Gasteiger partial charge is 0.486 e. The van der Waals surface area contributed by atoms with Crippen LogP contribution in [0.5, 0.6) is 11.5 Å². The summed E-state index contributed by atoms with van der Waals surface area (Å²) >= 11 is 1.23. The first-order valence-corrected chi connectivity index (χ1v) is 10.8. The second-order valence-electron chi connectivity index (χ2n) is 7.01. The number of nitrogens with zero attached hydrogens (tertiary/aromatic N) is 1. The second-order valence-corrected chi connectivity index (χ2v) is 8.01. The van der Waals surface area contributed by atoms with Crippen LogP contribution in [0, 0.1) is 5.82 Å². The molecule has 1 aromatic heterocycles. The van der Waals surface area contributed by atoms with Crippen LogP contribution >= 0.6 is 11.3 Å². The van der Waals surface area contributed by atoms with Crippen LogP contribution in [0.3, 0.4) is 0 Å². The number of hydrogen-bond donors (Lipinski definition) is 2. The highest BCUT2D eigenvalue weighted by molar-refractivity contribution is 7.18. The van der Waals surface area contributed by atoms with Gasteiger partial charge < -0.3 is 20.1 Å². The molecule has 0 fully saturated rings. The molecule has 0 saturated heterocycles. The van der Waals surface area contributed by atoms with Gasteiger partial charge in [0.1, 0.15) is 23.9 Å². The summed E-state index contributed by atoms with van der Waals surface area (Å²) in [5.74, 6) is 0.646. The topological polar surface area (TPSA) is 72.5 Å². The highest BCUT2D eigenvalue weighted by Gasteiger charge is 2.21. The predicted octanol–water partition coefficient (Wildman–Crippen LogP) is 5.72. The number of halogens is 1. The van der Waals surface area contributed by atoms with E-state index in [4.69, 9.17) is 9.47 Å². The van der Waals surface area contributed by atoms with Gasteiger partial charge in [0.25, 0.3) is 5.91 Å². The minimum Gasteiger partial charge on any atom is -0.486 e. The summed E-state index contributed by atoms with van der Waals surface area (Å²) in [6, 6.07) is 20.7. The summed E-state index contributed by atoms with van der Waals surface area (Å²) in [6.07, 6.45) is 0. The fraction of sp³-hybridized carbons (Fsp3) is 0.0833. The molecule has 0 spiro atoms. The molecular formula is C24H18FN3O3S. The molecule has 0 aliphatic carbocycles. The van der Waals surface area contributed by atoms with Crippen molar-refractivity contribution in [2.75, 3.05) is 23.8 Å². The molecule has 1 aliphatic heterocycles. The number of carbonyl (C=O) groups excluding carboxylic acids is 1. The third kappa shape index (κ3) is 4.26. The van der Waals surface area contributed by atoms with Gasteiger partial charge in [-0.3, -0.25) is 4.79 Å². The first-order chi connectivity index (χ1) is 15.7. The molecule has 0 bridgehead atoms. The van der Waals surface area contributed by atoms with Crippen molar-refractivity contribution >= 4 is 33.8 Å². The smallest absolute Gasteiger partial charge is 0.268 e. The number of amides is 1. The van der Waals surface area contributed by atoms with Gasteiger partial charge in [0.15, 0.2) is 16.6 Å². The number of nitrogens with one attached hydrogen (secondary N) is 2. The van der Waals surface area contributed by atoms with E-state index in [0.717, 1.165) is 5.56 Å². The highest BCUT2D eigenvalue weighted by Crippen LogP contribution is 2.35. The summed E-state index contributed by atoms with van der Waals surface area (Å²) in [7, 11) is 0. The van der Waals surface area contributed by atoms with E-state index in [9.17, 15) is 9.18 Å². The number of anilines is 3. The van der Waals surface area contributed by atoms with Gasteiger partial charge in [-0.15, -0.1) is 0 Å². The van der Waals surface area contributed by atoms with Crippen molar-refractivity contribution in [1.29, 1.82) is 0 Å². The molecule has 0 unspecified atom stereocenters. The molecule has 1 amide bonds. The quantitative estimate of drug-likeness (QED) is 0.410. The molecule has 3 aromatic carbocycles. The lowest BCUT2D eigenvalue weighted by Crippen LogP contribution is -2.16. The van der Waals surface area contributed by atoms with Gasteiger partial charge in [-0.2, -0.15) is 0 Å². The van der Waals surface area contributed by atoms with Gasteiger partial charge in [0.2, 0.25) is 0 Å². The Balaban J connectivity index is 1.45. The van der Waals surface area contributed by atoms with Crippen LogP contribution in [0.4, 0.5) is 20.9 Å². The van der Waals surface area contributed by atoms with Gasteiger partial charge >= 0.3 is 0 Å². The lowest BCUT2D eigenvalue weighted by atomic mass is 10.1. The lowest BCUT2D eigenvalue weighted by molar-refractivity contribution is 0.103. The molecule has 0 saturated carbocycles. The van der Waals surface area contributed by atoms with E-state index in [1.165, 1.54) is 23.5 Å². The Morgan fingerprint density at radius 3 is 2.41 bits per heavy atom. The van der Waals surface area contributed by atoms with Crippen LogP contribution in [0.25, 0.3) is 11.3 Å². The van der Waals surface area contributed by atoms with E-state index in [1.54, 1.807) is 30.3 Å². The molecule has 0 radical (unpaired) electrons. The zero-order valence-corrected chi connectivity index (χ0v) is 17.6. The summed E-state index contributed by atoms with van der Waals surface area (Å²) in [4.78, 5) is 18.3. The number of benzene rings is 3. The maximum absolute atomic E-state index is 13.2. The monoisotopic (exact) mass is 447 g/mol. The van der Waals surface area contributed by atoms with E-state index >= 15 is 0 Å². The fourth-order valence-corrected chi connectivity index (χ4v) is 4.19. The minimum atomic E-state index is -0.320. The van der Waals surface area contributed by atoms with Gasteiger partial charge in [0.05, 0.1) is 5.69 Å². The molecule has 32 heavy (non-hydrogen) atoms. The van der Waals surface area contributed by atoms with E-state index in [2.05, 4.69) is 15.6 Å². The summed E-state index contributed by atoms with van der Waals surface area (Å²) in [6.45, 7) is 0.972. The first kappa shape index (κ1) is 20.0. The molecule has 160 valence electrons. The Labute approximate surface area is 187 Å². The second kappa shape index (κ2) is 8.68. The van der Waals surface area contributed by atoms with E-state index in [1.807, 2.05) is 30.3 Å². The Bertz CT molecular complexity index is 1260. The number of ether oxygens (including phenoxy) is 2. The van der Waals surface area contributed by atoms with Crippen LogP contribution in [-0.4, -0.2) is 24.1 Å². The Hall–Kier alpha value is -3.91. The van der Waals surface area contributed by atoms with Crippen LogP contribution in [-0.2, 0) is 0 Å². The average molecular weight is 447 g/mol. The van der Waals surface area contributed by atoms with E-state index in [0.29, 0.717) is 51.8 Å². The van der Waals surface area contributed by atoms with Gasteiger partial charge in [0, 0.05) is 23.0 Å². The average Bonchev–Trinajstić information content (AvgIpc) is 3.25. The predicted molar refractivity (Wildman–Crippen MR) is 123 cm³/mol. The first-order valence-electron chi connectivity index (χ1n) is 9.95. The maximum atomic E-state index is 13.2. The van der Waals surface area contributed by atoms with Gasteiger partial charge in [-0.1, -0.05) is 41.7 Å².